The van der Waals surface area contributed by atoms with Crippen LogP contribution < -0.4 is 5.32 Å². The van der Waals surface area contributed by atoms with Gasteiger partial charge in [-0.25, -0.2) is 9.50 Å². The van der Waals surface area contributed by atoms with Crippen molar-refractivity contribution in [1.29, 1.82) is 5.41 Å². The third-order valence-corrected chi connectivity index (χ3v) is 5.96. The summed E-state index contributed by atoms with van der Waals surface area (Å²) in [7, 11) is 0. The van der Waals surface area contributed by atoms with Gasteiger partial charge >= 0.3 is 6.18 Å². The summed E-state index contributed by atoms with van der Waals surface area (Å²) in [6.07, 6.45) is 1.79. The van der Waals surface area contributed by atoms with E-state index in [2.05, 4.69) is 15.4 Å². The summed E-state index contributed by atoms with van der Waals surface area (Å²) in [6, 6.07) is 7.30. The molecule has 2 aliphatic carbocycles. The molecule has 156 valence electrons. The topological polar surface area (TPSA) is 66.1 Å². The van der Waals surface area contributed by atoms with E-state index in [-0.39, 0.29) is 17.8 Å². The highest BCUT2D eigenvalue weighted by Crippen LogP contribution is 2.56. The minimum atomic E-state index is -4.32. The molecule has 9 heteroatoms. The largest absolute Gasteiger partial charge is 0.405 e. The average molecular weight is 434 g/mol. The van der Waals surface area contributed by atoms with Crippen LogP contribution in [0, 0.1) is 11.3 Å². The fraction of sp³-hybridized carbons (Fsp3) is 0.381. The van der Waals surface area contributed by atoms with E-state index in [0.717, 1.165) is 36.0 Å². The highest BCUT2D eigenvalue weighted by molar-refractivity contribution is 6.29. The molecule has 2 aromatic heterocycles. The molecule has 0 amide bonds. The lowest BCUT2D eigenvalue weighted by Gasteiger charge is -2.16. The molecule has 5 nitrogen and oxygen atoms in total. The van der Waals surface area contributed by atoms with Crippen LogP contribution in [0.15, 0.2) is 36.7 Å². The van der Waals surface area contributed by atoms with Gasteiger partial charge in [-0.05, 0) is 48.8 Å². The Labute approximate surface area is 175 Å². The van der Waals surface area contributed by atoms with E-state index in [9.17, 15) is 13.2 Å². The van der Waals surface area contributed by atoms with Crippen LogP contribution in [0.2, 0.25) is 5.15 Å². The lowest BCUT2D eigenvalue weighted by molar-refractivity contribution is -0.115. The van der Waals surface area contributed by atoms with E-state index in [1.54, 1.807) is 29.0 Å². The molecule has 3 aromatic rings. The second kappa shape index (κ2) is 6.97. The highest BCUT2D eigenvalue weighted by atomic mass is 35.5. The molecule has 1 aromatic carbocycles. The summed E-state index contributed by atoms with van der Waals surface area (Å²) in [4.78, 5) is 4.36. The predicted octanol–water partition coefficient (Wildman–Crippen LogP) is 5.41. The molecule has 5 rings (SSSR count). The fourth-order valence-electron chi connectivity index (χ4n) is 4.05. The summed E-state index contributed by atoms with van der Waals surface area (Å²) >= 11 is 6.15. The molecular weight excluding hydrogens is 415 g/mol. The lowest BCUT2D eigenvalue weighted by Crippen LogP contribution is -2.22. The zero-order valence-corrected chi connectivity index (χ0v) is 16.6. The number of rotatable bonds is 6. The van der Waals surface area contributed by atoms with E-state index >= 15 is 0 Å². The van der Waals surface area contributed by atoms with Gasteiger partial charge in [0, 0.05) is 40.8 Å². The Bertz CT molecular complexity index is 1140. The van der Waals surface area contributed by atoms with Crippen LogP contribution >= 0.6 is 11.6 Å². The summed E-state index contributed by atoms with van der Waals surface area (Å²) in [5, 5.41) is 15.4. The van der Waals surface area contributed by atoms with Crippen molar-refractivity contribution in [3.63, 3.8) is 0 Å². The monoisotopic (exact) mass is 433 g/mol. The first-order valence-electron chi connectivity index (χ1n) is 9.83. The Morgan fingerprint density at radius 1 is 1.23 bits per heavy atom. The molecule has 2 saturated carbocycles. The van der Waals surface area contributed by atoms with E-state index in [0.29, 0.717) is 22.1 Å². The highest BCUT2D eigenvalue weighted by Gasteiger charge is 2.42. The maximum atomic E-state index is 12.8. The molecule has 2 N–H and O–H groups in total. The minimum absolute atomic E-state index is 0.156. The normalized spacial score (nSPS) is 21.1. The molecule has 30 heavy (non-hydrogen) atoms. The summed E-state index contributed by atoms with van der Waals surface area (Å²) in [6.45, 7) is -1.12. The van der Waals surface area contributed by atoms with Crippen molar-refractivity contribution in [2.75, 3.05) is 11.9 Å². The van der Waals surface area contributed by atoms with Gasteiger partial charge in [0.2, 0.25) is 0 Å². The van der Waals surface area contributed by atoms with Gasteiger partial charge in [0.1, 0.15) is 11.7 Å². The van der Waals surface area contributed by atoms with E-state index in [1.807, 2.05) is 12.1 Å². The van der Waals surface area contributed by atoms with Crippen molar-refractivity contribution in [2.24, 2.45) is 5.92 Å². The molecule has 2 unspecified atom stereocenters. The summed E-state index contributed by atoms with van der Waals surface area (Å²) < 4.78 is 40.1. The zero-order chi connectivity index (χ0) is 21.0. The van der Waals surface area contributed by atoms with Crippen LogP contribution in [0.3, 0.4) is 0 Å². The number of benzene rings is 1. The second-order valence-electron chi connectivity index (χ2n) is 8.03. The first kappa shape index (κ1) is 19.4. The van der Waals surface area contributed by atoms with Crippen molar-refractivity contribution in [2.45, 2.75) is 37.3 Å². The molecular formula is C21H19ClF3N5. The van der Waals surface area contributed by atoms with Gasteiger partial charge in [-0.15, -0.1) is 0 Å². The van der Waals surface area contributed by atoms with Crippen molar-refractivity contribution in [3.8, 4) is 0 Å². The van der Waals surface area contributed by atoms with Gasteiger partial charge in [0.05, 0.1) is 0 Å². The number of imidazole rings is 1. The fourth-order valence-corrected chi connectivity index (χ4v) is 4.25. The van der Waals surface area contributed by atoms with Gasteiger partial charge in [-0.3, -0.25) is 0 Å². The summed E-state index contributed by atoms with van der Waals surface area (Å²) in [5.41, 5.74) is 4.05. The Morgan fingerprint density at radius 3 is 2.77 bits per heavy atom. The van der Waals surface area contributed by atoms with Crippen molar-refractivity contribution < 1.29 is 13.2 Å². The number of aromatic nitrogens is 3. The Morgan fingerprint density at radius 2 is 2.03 bits per heavy atom. The molecule has 0 saturated heterocycles. The number of fused-ring (bicyclic) bond motifs is 1. The van der Waals surface area contributed by atoms with Crippen LogP contribution in [-0.2, 0) is 0 Å². The molecule has 2 aliphatic rings. The predicted molar refractivity (Wildman–Crippen MR) is 109 cm³/mol. The molecule has 0 radical (unpaired) electrons. The van der Waals surface area contributed by atoms with Gasteiger partial charge < -0.3 is 10.7 Å². The number of nitrogens with zero attached hydrogens (tertiary/aromatic N) is 3. The van der Waals surface area contributed by atoms with E-state index in [1.165, 1.54) is 0 Å². The molecule has 2 heterocycles. The first-order valence-corrected chi connectivity index (χ1v) is 10.2. The first-order chi connectivity index (χ1) is 14.3. The number of anilines is 1. The van der Waals surface area contributed by atoms with Crippen molar-refractivity contribution >= 4 is 28.6 Å². The van der Waals surface area contributed by atoms with Gasteiger partial charge in [0.15, 0.2) is 5.65 Å². The van der Waals surface area contributed by atoms with E-state index in [4.69, 9.17) is 17.0 Å². The maximum Gasteiger partial charge on any atom is 0.405 e. The SMILES string of the molecule is N=C(c1ccc(C2CC2c2cc(Cl)nn3ccnc23)cc1NCC(F)(F)F)C1CC1. The van der Waals surface area contributed by atoms with Crippen LogP contribution in [0.25, 0.3) is 5.65 Å². The molecule has 2 fully saturated rings. The lowest BCUT2D eigenvalue weighted by atomic mass is 9.98. The van der Waals surface area contributed by atoms with Crippen LogP contribution in [0.5, 0.6) is 0 Å². The summed E-state index contributed by atoms with van der Waals surface area (Å²) in [5.74, 6) is 0.503. The molecule has 0 spiro atoms. The Kier molecular flexibility index (Phi) is 4.50. The average Bonchev–Trinajstić information content (AvgIpc) is 3.61. The quantitative estimate of drug-likeness (QED) is 0.511. The molecule has 0 aliphatic heterocycles. The smallest absolute Gasteiger partial charge is 0.376 e. The van der Waals surface area contributed by atoms with Crippen LogP contribution in [0.1, 0.15) is 47.8 Å². The Hall–Kier alpha value is -2.61. The third kappa shape index (κ3) is 3.76. The van der Waals surface area contributed by atoms with Crippen LogP contribution in [-0.4, -0.2) is 33.0 Å². The Balaban J connectivity index is 1.44. The van der Waals surface area contributed by atoms with Gasteiger partial charge in [-0.1, -0.05) is 23.7 Å². The number of halogens is 4. The van der Waals surface area contributed by atoms with Gasteiger partial charge in [0.25, 0.3) is 0 Å². The molecule has 2 atom stereocenters. The number of hydrogen-bond acceptors (Lipinski definition) is 4. The second-order valence-corrected chi connectivity index (χ2v) is 8.42. The van der Waals surface area contributed by atoms with Crippen LogP contribution in [0.4, 0.5) is 18.9 Å². The standard InChI is InChI=1S/C21H19ClF3N5/c22-18-9-16(20-27-5-6-30(20)29-18)15-8-14(15)12-3-4-13(19(26)11-1-2-11)17(7-12)28-10-21(23,24)25/h3-7,9,11,14-15,26,28H,1-2,8,10H2. The van der Waals surface area contributed by atoms with E-state index < -0.39 is 12.7 Å². The third-order valence-electron chi connectivity index (χ3n) is 5.77. The van der Waals surface area contributed by atoms with Gasteiger partial charge in [-0.2, -0.15) is 18.3 Å². The number of nitrogens with one attached hydrogen (secondary N) is 2. The number of hydrogen-bond donors (Lipinski definition) is 2. The minimum Gasteiger partial charge on any atom is -0.376 e. The van der Waals surface area contributed by atoms with Crippen molar-refractivity contribution in [1.82, 2.24) is 14.6 Å². The zero-order valence-electron chi connectivity index (χ0n) is 15.9. The molecule has 0 bridgehead atoms. The maximum absolute atomic E-state index is 12.8. The van der Waals surface area contributed by atoms with Crippen molar-refractivity contribution in [3.05, 3.63) is 58.5 Å². The number of alkyl halides is 3.